The van der Waals surface area contributed by atoms with Gasteiger partial charge in [-0.25, -0.2) is 0 Å². The molecule has 1 rings (SSSR count). The van der Waals surface area contributed by atoms with Gasteiger partial charge in [0, 0.05) is 18.8 Å². The van der Waals surface area contributed by atoms with E-state index in [9.17, 15) is 0 Å². The summed E-state index contributed by atoms with van der Waals surface area (Å²) < 4.78 is 0. The van der Waals surface area contributed by atoms with Gasteiger partial charge in [-0.3, -0.25) is 0 Å². The fraction of sp³-hybridized carbons (Fsp3) is 0.385. The summed E-state index contributed by atoms with van der Waals surface area (Å²) in [5.41, 5.74) is 2.30. The average Bonchev–Trinajstić information content (AvgIpc) is 2.31. The number of hydrogen-bond donors (Lipinski definition) is 0. The average molecular weight is 213 g/mol. The van der Waals surface area contributed by atoms with Gasteiger partial charge in [0.05, 0.1) is 25.0 Å². The van der Waals surface area contributed by atoms with Gasteiger partial charge in [0.1, 0.15) is 0 Å². The molecule has 0 aliphatic rings. The quantitative estimate of drug-likeness (QED) is 0.755. The highest BCUT2D eigenvalue weighted by Gasteiger charge is 2.07. The molecule has 0 fully saturated rings. The Morgan fingerprint density at radius 2 is 1.62 bits per heavy atom. The maximum Gasteiger partial charge on any atom is 0.0640 e. The Kier molecular flexibility index (Phi) is 4.89. The van der Waals surface area contributed by atoms with Crippen molar-refractivity contribution in [3.8, 4) is 12.1 Å². The predicted octanol–water partition coefficient (Wildman–Crippen LogP) is 2.63. The second-order valence-electron chi connectivity index (χ2n) is 3.59. The highest BCUT2D eigenvalue weighted by molar-refractivity contribution is 5.53. The van der Waals surface area contributed by atoms with E-state index in [-0.39, 0.29) is 0 Å². The van der Waals surface area contributed by atoms with Crippen molar-refractivity contribution in [3.05, 3.63) is 29.8 Å². The standard InChI is InChI=1S/C13H15N3/c1-12-6-2-3-7-13(12)16(10-4-8-14)11-5-9-15/h2-3,6-7H,4-5,10-11H2,1H3. The molecule has 0 radical (unpaired) electrons. The maximum atomic E-state index is 8.62. The summed E-state index contributed by atoms with van der Waals surface area (Å²) in [6.45, 7) is 3.41. The number of nitrogens with zero attached hydrogens (tertiary/aromatic N) is 3. The molecule has 0 spiro atoms. The number of benzene rings is 1. The third-order valence-electron chi connectivity index (χ3n) is 2.44. The van der Waals surface area contributed by atoms with Gasteiger partial charge in [-0.1, -0.05) is 18.2 Å². The highest BCUT2D eigenvalue weighted by Crippen LogP contribution is 2.19. The van der Waals surface area contributed by atoms with E-state index in [0.717, 1.165) is 5.69 Å². The van der Waals surface area contributed by atoms with Crippen LogP contribution >= 0.6 is 0 Å². The number of aryl methyl sites for hydroxylation is 1. The first kappa shape index (κ1) is 12.1. The molecule has 3 heteroatoms. The first-order valence-corrected chi connectivity index (χ1v) is 5.34. The summed E-state index contributed by atoms with van der Waals surface area (Å²) in [5.74, 6) is 0. The minimum absolute atomic E-state index is 0.486. The molecule has 0 aromatic heterocycles. The van der Waals surface area contributed by atoms with E-state index in [0.29, 0.717) is 25.9 Å². The number of para-hydroxylation sites is 1. The first-order valence-electron chi connectivity index (χ1n) is 5.34. The Morgan fingerprint density at radius 1 is 1.06 bits per heavy atom. The normalized spacial score (nSPS) is 9.19. The molecule has 0 aliphatic carbocycles. The summed E-state index contributed by atoms with van der Waals surface area (Å²) in [4.78, 5) is 2.10. The van der Waals surface area contributed by atoms with Crippen LogP contribution in [-0.4, -0.2) is 13.1 Å². The van der Waals surface area contributed by atoms with Gasteiger partial charge in [0.15, 0.2) is 0 Å². The van der Waals surface area contributed by atoms with E-state index in [2.05, 4.69) is 17.0 Å². The first-order chi connectivity index (χ1) is 7.79. The zero-order valence-corrected chi connectivity index (χ0v) is 9.48. The van der Waals surface area contributed by atoms with E-state index in [1.807, 2.05) is 31.2 Å². The third kappa shape index (κ3) is 3.29. The van der Waals surface area contributed by atoms with Crippen LogP contribution in [-0.2, 0) is 0 Å². The molecular formula is C13H15N3. The van der Waals surface area contributed by atoms with Crippen molar-refractivity contribution >= 4 is 5.69 Å². The summed E-state index contributed by atoms with van der Waals surface area (Å²) >= 11 is 0. The minimum Gasteiger partial charge on any atom is -0.369 e. The van der Waals surface area contributed by atoms with E-state index >= 15 is 0 Å². The van der Waals surface area contributed by atoms with Crippen LogP contribution in [0.5, 0.6) is 0 Å². The van der Waals surface area contributed by atoms with Crippen molar-refractivity contribution < 1.29 is 0 Å². The Balaban J connectivity index is 2.80. The molecule has 0 bridgehead atoms. The fourth-order valence-electron chi connectivity index (χ4n) is 1.64. The molecule has 0 unspecified atom stereocenters. The Labute approximate surface area is 96.5 Å². The van der Waals surface area contributed by atoms with Crippen LogP contribution in [0.2, 0.25) is 0 Å². The molecule has 0 saturated carbocycles. The molecule has 82 valence electrons. The smallest absolute Gasteiger partial charge is 0.0640 e. The van der Waals surface area contributed by atoms with Gasteiger partial charge in [0.2, 0.25) is 0 Å². The summed E-state index contributed by atoms with van der Waals surface area (Å²) in [6, 6.07) is 12.3. The van der Waals surface area contributed by atoms with Crippen LogP contribution in [0.25, 0.3) is 0 Å². The van der Waals surface area contributed by atoms with Crippen LogP contribution in [0.15, 0.2) is 24.3 Å². The molecule has 16 heavy (non-hydrogen) atoms. The Morgan fingerprint density at radius 3 is 2.12 bits per heavy atom. The van der Waals surface area contributed by atoms with Crippen LogP contribution in [0.3, 0.4) is 0 Å². The summed E-state index contributed by atoms with van der Waals surface area (Å²) in [5, 5.41) is 17.2. The molecule has 0 heterocycles. The number of nitriles is 2. The Bertz CT molecular complexity index is 394. The molecular weight excluding hydrogens is 198 g/mol. The lowest BCUT2D eigenvalue weighted by molar-refractivity contribution is 0.793. The van der Waals surface area contributed by atoms with Crippen molar-refractivity contribution in [1.82, 2.24) is 0 Å². The predicted molar refractivity (Wildman–Crippen MR) is 63.9 cm³/mol. The summed E-state index contributed by atoms with van der Waals surface area (Å²) in [7, 11) is 0. The van der Waals surface area contributed by atoms with Crippen molar-refractivity contribution in [3.63, 3.8) is 0 Å². The molecule has 3 nitrogen and oxygen atoms in total. The molecule has 0 aliphatic heterocycles. The summed E-state index contributed by atoms with van der Waals surface area (Å²) in [6.07, 6.45) is 0.972. The van der Waals surface area contributed by atoms with Crippen LogP contribution in [0.1, 0.15) is 18.4 Å². The molecule has 0 saturated heterocycles. The third-order valence-corrected chi connectivity index (χ3v) is 2.44. The van der Waals surface area contributed by atoms with Crippen LogP contribution in [0.4, 0.5) is 5.69 Å². The van der Waals surface area contributed by atoms with Crippen molar-refractivity contribution in [2.45, 2.75) is 19.8 Å². The monoisotopic (exact) mass is 213 g/mol. The zero-order chi connectivity index (χ0) is 11.8. The molecule has 0 atom stereocenters. The second-order valence-corrected chi connectivity index (χ2v) is 3.59. The van der Waals surface area contributed by atoms with Gasteiger partial charge >= 0.3 is 0 Å². The number of rotatable bonds is 5. The van der Waals surface area contributed by atoms with Gasteiger partial charge in [-0.15, -0.1) is 0 Å². The number of hydrogen-bond acceptors (Lipinski definition) is 3. The molecule has 0 amide bonds. The molecule has 1 aromatic carbocycles. The lowest BCUT2D eigenvalue weighted by Crippen LogP contribution is -2.25. The maximum absolute atomic E-state index is 8.62. The van der Waals surface area contributed by atoms with E-state index in [4.69, 9.17) is 10.5 Å². The fourth-order valence-corrected chi connectivity index (χ4v) is 1.64. The van der Waals surface area contributed by atoms with E-state index in [1.165, 1.54) is 5.56 Å². The molecule has 0 N–H and O–H groups in total. The number of anilines is 1. The lowest BCUT2D eigenvalue weighted by atomic mass is 10.1. The molecule has 1 aromatic rings. The highest BCUT2D eigenvalue weighted by atomic mass is 15.1. The topological polar surface area (TPSA) is 50.8 Å². The van der Waals surface area contributed by atoms with Crippen LogP contribution in [0, 0.1) is 29.6 Å². The second kappa shape index (κ2) is 6.48. The van der Waals surface area contributed by atoms with Gasteiger partial charge < -0.3 is 4.90 Å². The zero-order valence-electron chi connectivity index (χ0n) is 9.48. The van der Waals surface area contributed by atoms with E-state index in [1.54, 1.807) is 0 Å². The van der Waals surface area contributed by atoms with Gasteiger partial charge in [0.25, 0.3) is 0 Å². The van der Waals surface area contributed by atoms with E-state index < -0.39 is 0 Å². The van der Waals surface area contributed by atoms with Gasteiger partial charge in [-0.05, 0) is 18.6 Å². The Hall–Kier alpha value is -2.00. The SMILES string of the molecule is Cc1ccccc1N(CCC#N)CCC#N. The minimum atomic E-state index is 0.486. The van der Waals surface area contributed by atoms with Crippen molar-refractivity contribution in [1.29, 1.82) is 10.5 Å². The van der Waals surface area contributed by atoms with Crippen molar-refractivity contribution in [2.24, 2.45) is 0 Å². The van der Waals surface area contributed by atoms with Crippen molar-refractivity contribution in [2.75, 3.05) is 18.0 Å². The van der Waals surface area contributed by atoms with Crippen LogP contribution < -0.4 is 4.90 Å². The largest absolute Gasteiger partial charge is 0.369 e. The lowest BCUT2D eigenvalue weighted by Gasteiger charge is -2.24. The van der Waals surface area contributed by atoms with Gasteiger partial charge in [-0.2, -0.15) is 10.5 Å².